The van der Waals surface area contributed by atoms with Gasteiger partial charge in [0.2, 0.25) is 11.9 Å². The lowest BCUT2D eigenvalue weighted by Crippen LogP contribution is -2.38. The van der Waals surface area contributed by atoms with E-state index in [9.17, 15) is 4.79 Å². The summed E-state index contributed by atoms with van der Waals surface area (Å²) < 4.78 is 7.69. The zero-order valence-electron chi connectivity index (χ0n) is 18.8. The Morgan fingerprint density at radius 2 is 1.76 bits per heavy atom. The summed E-state index contributed by atoms with van der Waals surface area (Å²) >= 11 is 1.46. The van der Waals surface area contributed by atoms with E-state index in [0.717, 1.165) is 42.6 Å². The molecule has 2 aliphatic rings. The van der Waals surface area contributed by atoms with Gasteiger partial charge >= 0.3 is 0 Å². The summed E-state index contributed by atoms with van der Waals surface area (Å²) in [6, 6.07) is 19.1. The van der Waals surface area contributed by atoms with E-state index in [4.69, 9.17) is 4.74 Å². The van der Waals surface area contributed by atoms with E-state index >= 15 is 0 Å². The molecule has 172 valence electrons. The third-order valence-electron chi connectivity index (χ3n) is 6.08. The molecule has 1 saturated heterocycles. The van der Waals surface area contributed by atoms with Gasteiger partial charge in [-0.3, -0.25) is 9.36 Å². The third-order valence-corrected chi connectivity index (χ3v) is 7.02. The number of anilines is 1. The minimum absolute atomic E-state index is 0.00194. The Morgan fingerprint density at radius 1 is 1.06 bits per heavy atom. The number of rotatable bonds is 8. The first-order valence-electron chi connectivity index (χ1n) is 11.5. The van der Waals surface area contributed by atoms with Gasteiger partial charge in [0.25, 0.3) is 0 Å². The molecule has 1 aliphatic carbocycles. The number of hydrogen-bond donors (Lipinski definition) is 1. The number of carbonyl (C=O) groups is 1. The number of ether oxygens (including phenoxy) is 1. The van der Waals surface area contributed by atoms with Crippen molar-refractivity contribution in [1.29, 1.82) is 0 Å². The number of nitrogens with one attached hydrogen (secondary N) is 1. The van der Waals surface area contributed by atoms with Gasteiger partial charge < -0.3 is 15.0 Å². The quantitative estimate of drug-likeness (QED) is 0.508. The minimum Gasteiger partial charge on any atom is -0.378 e. The molecule has 2 heterocycles. The first-order valence-corrected chi connectivity index (χ1v) is 12.5. The van der Waals surface area contributed by atoms with Gasteiger partial charge in [0.05, 0.1) is 25.0 Å². The van der Waals surface area contributed by atoms with Gasteiger partial charge in [-0.1, -0.05) is 66.4 Å². The number of aromatic nitrogens is 3. The average molecular weight is 464 g/mol. The van der Waals surface area contributed by atoms with Crippen molar-refractivity contribution in [3.63, 3.8) is 0 Å². The lowest BCUT2D eigenvalue weighted by Gasteiger charge is -2.27. The fourth-order valence-electron chi connectivity index (χ4n) is 4.09. The summed E-state index contributed by atoms with van der Waals surface area (Å²) in [4.78, 5) is 14.9. The van der Waals surface area contributed by atoms with Crippen LogP contribution < -0.4 is 10.2 Å². The van der Waals surface area contributed by atoms with Crippen molar-refractivity contribution in [3.05, 3.63) is 60.2 Å². The van der Waals surface area contributed by atoms with Crippen LogP contribution >= 0.6 is 11.8 Å². The number of thioether (sulfide) groups is 1. The van der Waals surface area contributed by atoms with E-state index in [0.29, 0.717) is 25.0 Å². The molecule has 1 aliphatic heterocycles. The van der Waals surface area contributed by atoms with Crippen LogP contribution in [0, 0.1) is 0 Å². The van der Waals surface area contributed by atoms with Crippen LogP contribution in [0.4, 0.5) is 5.95 Å². The molecular formula is C25H29N5O2S. The summed E-state index contributed by atoms with van der Waals surface area (Å²) in [5.41, 5.74) is 3.45. The Labute approximate surface area is 198 Å². The minimum atomic E-state index is -0.0619. The van der Waals surface area contributed by atoms with E-state index in [1.165, 1.54) is 22.9 Å². The maximum absolute atomic E-state index is 12.7. The Bertz CT molecular complexity index is 1080. The maximum Gasteiger partial charge on any atom is 0.230 e. The van der Waals surface area contributed by atoms with Crippen LogP contribution in [-0.4, -0.2) is 52.7 Å². The van der Waals surface area contributed by atoms with Gasteiger partial charge in [-0.2, -0.15) is 0 Å². The standard InChI is InChI=1S/C25H29N5O2S/c1-18(19-7-9-21(10-8-19)20-5-3-2-4-6-20)26-23(31)17-33-25-28-27-24(30(25)22-11-12-22)29-13-15-32-16-14-29/h2-10,18,22H,11-17H2,1H3,(H,26,31). The third kappa shape index (κ3) is 5.23. The van der Waals surface area contributed by atoms with Crippen molar-refractivity contribution in [2.45, 2.75) is 37.0 Å². The summed E-state index contributed by atoms with van der Waals surface area (Å²) in [7, 11) is 0. The van der Waals surface area contributed by atoms with E-state index in [1.807, 2.05) is 25.1 Å². The van der Waals surface area contributed by atoms with Gasteiger partial charge in [-0.05, 0) is 36.5 Å². The van der Waals surface area contributed by atoms with Crippen molar-refractivity contribution >= 4 is 23.6 Å². The predicted molar refractivity (Wildman–Crippen MR) is 130 cm³/mol. The van der Waals surface area contributed by atoms with Crippen molar-refractivity contribution in [3.8, 4) is 11.1 Å². The number of amides is 1. The zero-order chi connectivity index (χ0) is 22.6. The van der Waals surface area contributed by atoms with E-state index in [1.54, 1.807) is 0 Å². The van der Waals surface area contributed by atoms with Crippen LogP contribution in [-0.2, 0) is 9.53 Å². The Morgan fingerprint density at radius 3 is 2.45 bits per heavy atom. The maximum atomic E-state index is 12.7. The summed E-state index contributed by atoms with van der Waals surface area (Å²) in [6.45, 7) is 5.11. The number of morpholine rings is 1. The summed E-state index contributed by atoms with van der Waals surface area (Å²) in [5.74, 6) is 1.23. The smallest absolute Gasteiger partial charge is 0.230 e. The van der Waals surface area contributed by atoms with Crippen molar-refractivity contribution < 1.29 is 9.53 Å². The highest BCUT2D eigenvalue weighted by Gasteiger charge is 2.32. The molecule has 1 saturated carbocycles. The molecule has 5 rings (SSSR count). The second-order valence-corrected chi connectivity index (χ2v) is 9.49. The molecule has 0 bridgehead atoms. The molecular weight excluding hydrogens is 434 g/mol. The van der Waals surface area contributed by atoms with Gasteiger partial charge in [-0.25, -0.2) is 0 Å². The summed E-state index contributed by atoms with van der Waals surface area (Å²) in [6.07, 6.45) is 2.29. The van der Waals surface area contributed by atoms with Gasteiger partial charge in [0.15, 0.2) is 5.16 Å². The number of hydrogen-bond acceptors (Lipinski definition) is 6. The first-order chi connectivity index (χ1) is 16.2. The number of benzene rings is 2. The van der Waals surface area contributed by atoms with Crippen molar-refractivity contribution in [2.75, 3.05) is 37.0 Å². The molecule has 1 N–H and O–H groups in total. The highest BCUT2D eigenvalue weighted by Crippen LogP contribution is 2.41. The first kappa shape index (κ1) is 22.0. The van der Waals surface area contributed by atoms with Crippen LogP contribution in [0.25, 0.3) is 11.1 Å². The predicted octanol–water partition coefficient (Wildman–Crippen LogP) is 4.09. The monoisotopic (exact) mass is 463 g/mol. The molecule has 1 aromatic heterocycles. The largest absolute Gasteiger partial charge is 0.378 e. The van der Waals surface area contributed by atoms with E-state index < -0.39 is 0 Å². The molecule has 0 spiro atoms. The lowest BCUT2D eigenvalue weighted by atomic mass is 10.0. The normalized spacial score (nSPS) is 17.1. The topological polar surface area (TPSA) is 72.3 Å². The van der Waals surface area contributed by atoms with Crippen LogP contribution in [0.3, 0.4) is 0 Å². The van der Waals surface area contributed by atoms with E-state index in [2.05, 4.69) is 61.4 Å². The fraction of sp³-hybridized carbons (Fsp3) is 0.400. The lowest BCUT2D eigenvalue weighted by molar-refractivity contribution is -0.119. The van der Waals surface area contributed by atoms with Crippen LogP contribution in [0.1, 0.15) is 37.4 Å². The molecule has 2 fully saturated rings. The second-order valence-electron chi connectivity index (χ2n) is 8.55. The molecule has 8 heteroatoms. The molecule has 1 atom stereocenters. The fourth-order valence-corrected chi connectivity index (χ4v) is 4.90. The Kier molecular flexibility index (Phi) is 6.64. The molecule has 3 aromatic rings. The van der Waals surface area contributed by atoms with Crippen LogP contribution in [0.5, 0.6) is 0 Å². The van der Waals surface area contributed by atoms with Crippen LogP contribution in [0.2, 0.25) is 0 Å². The molecule has 1 amide bonds. The molecule has 2 aromatic carbocycles. The number of carbonyl (C=O) groups excluding carboxylic acids is 1. The summed E-state index contributed by atoms with van der Waals surface area (Å²) in [5, 5.41) is 12.8. The molecule has 0 radical (unpaired) electrons. The van der Waals surface area contributed by atoms with Crippen LogP contribution in [0.15, 0.2) is 59.8 Å². The van der Waals surface area contributed by atoms with Gasteiger partial charge in [0.1, 0.15) is 0 Å². The van der Waals surface area contributed by atoms with Gasteiger partial charge in [-0.15, -0.1) is 10.2 Å². The zero-order valence-corrected chi connectivity index (χ0v) is 19.6. The van der Waals surface area contributed by atoms with Crippen molar-refractivity contribution in [1.82, 2.24) is 20.1 Å². The molecule has 33 heavy (non-hydrogen) atoms. The average Bonchev–Trinajstić information content (AvgIpc) is 3.62. The van der Waals surface area contributed by atoms with Gasteiger partial charge in [0, 0.05) is 19.1 Å². The molecule has 7 nitrogen and oxygen atoms in total. The second kappa shape index (κ2) is 9.97. The molecule has 1 unspecified atom stereocenters. The highest BCUT2D eigenvalue weighted by atomic mass is 32.2. The Hall–Kier alpha value is -2.84. The van der Waals surface area contributed by atoms with Crippen molar-refractivity contribution in [2.24, 2.45) is 0 Å². The SMILES string of the molecule is CC(NC(=O)CSc1nnc(N2CCOCC2)n1C1CC1)c1ccc(-c2ccccc2)cc1. The highest BCUT2D eigenvalue weighted by molar-refractivity contribution is 7.99. The van der Waals surface area contributed by atoms with E-state index in [-0.39, 0.29) is 11.9 Å². The number of nitrogens with zero attached hydrogens (tertiary/aromatic N) is 4. The Balaban J connectivity index is 1.18.